The number of benzene rings is 3. The second-order valence-electron chi connectivity index (χ2n) is 6.34. The average Bonchev–Trinajstić information content (AvgIpc) is 2.72. The summed E-state index contributed by atoms with van der Waals surface area (Å²) in [6.07, 6.45) is 1.56. The summed E-state index contributed by atoms with van der Waals surface area (Å²) in [5.74, 6) is -0.459. The van der Waals surface area contributed by atoms with E-state index < -0.39 is 11.8 Å². The van der Waals surface area contributed by atoms with Crippen LogP contribution in [-0.2, 0) is 9.59 Å². The first kappa shape index (κ1) is 19.3. The molecule has 0 unspecified atom stereocenters. The molecule has 0 aromatic heterocycles. The number of methoxy groups -OCH3 is 1. The van der Waals surface area contributed by atoms with Crippen molar-refractivity contribution in [2.24, 2.45) is 0 Å². The molecule has 1 saturated heterocycles. The van der Waals surface area contributed by atoms with Gasteiger partial charge in [0.1, 0.15) is 11.3 Å². The van der Waals surface area contributed by atoms with Crippen molar-refractivity contribution >= 4 is 67.6 Å². The van der Waals surface area contributed by atoms with Crippen LogP contribution in [0, 0.1) is 0 Å². The highest BCUT2D eigenvalue weighted by Crippen LogP contribution is 2.31. The Kier molecular flexibility index (Phi) is 5.17. The minimum Gasteiger partial charge on any atom is -0.496 e. The monoisotopic (exact) mass is 466 g/mol. The van der Waals surface area contributed by atoms with Crippen LogP contribution in [0.15, 0.2) is 70.7 Å². The number of rotatable bonds is 3. The van der Waals surface area contributed by atoms with Gasteiger partial charge in [-0.3, -0.25) is 19.8 Å². The Bertz CT molecular complexity index is 1190. The van der Waals surface area contributed by atoms with E-state index in [0.29, 0.717) is 17.0 Å². The summed E-state index contributed by atoms with van der Waals surface area (Å²) in [5, 5.41) is 4.51. The maximum Gasteiger partial charge on any atom is 0.270 e. The maximum absolute atomic E-state index is 13.2. The number of hydrogen-bond acceptors (Lipinski definition) is 4. The van der Waals surface area contributed by atoms with E-state index in [2.05, 4.69) is 21.2 Å². The molecule has 4 rings (SSSR count). The van der Waals surface area contributed by atoms with Crippen molar-refractivity contribution in [2.75, 3.05) is 12.0 Å². The Morgan fingerprint density at radius 1 is 1.03 bits per heavy atom. The fourth-order valence-electron chi connectivity index (χ4n) is 3.23. The van der Waals surface area contributed by atoms with Gasteiger partial charge in [-0.05, 0) is 59.4 Å². The minimum atomic E-state index is -0.539. The number of amides is 2. The topological polar surface area (TPSA) is 58.6 Å². The molecule has 2 amide bonds. The number of anilines is 1. The lowest BCUT2D eigenvalue weighted by atomic mass is 9.99. The van der Waals surface area contributed by atoms with E-state index in [1.54, 1.807) is 37.5 Å². The van der Waals surface area contributed by atoms with Gasteiger partial charge in [-0.2, -0.15) is 0 Å². The van der Waals surface area contributed by atoms with Gasteiger partial charge in [-0.1, -0.05) is 46.3 Å². The molecule has 3 aromatic carbocycles. The van der Waals surface area contributed by atoms with Crippen LogP contribution in [-0.4, -0.2) is 24.0 Å². The molecule has 5 nitrogen and oxygen atoms in total. The molecule has 0 aliphatic carbocycles. The molecule has 0 radical (unpaired) electrons. The van der Waals surface area contributed by atoms with Gasteiger partial charge in [0.25, 0.3) is 11.8 Å². The van der Waals surface area contributed by atoms with Crippen LogP contribution in [0.5, 0.6) is 5.75 Å². The van der Waals surface area contributed by atoms with Crippen molar-refractivity contribution in [3.63, 3.8) is 0 Å². The van der Waals surface area contributed by atoms with E-state index in [0.717, 1.165) is 15.2 Å². The SMILES string of the molecule is COc1ccc2ccccc2c1/C=C1/C(=O)NC(=S)N(c2ccc(Br)cc2)C1=O. The highest BCUT2D eigenvalue weighted by molar-refractivity contribution is 9.10. The Morgan fingerprint density at radius 2 is 1.76 bits per heavy atom. The largest absolute Gasteiger partial charge is 0.496 e. The summed E-state index contributed by atoms with van der Waals surface area (Å²) < 4.78 is 6.35. The van der Waals surface area contributed by atoms with E-state index in [1.807, 2.05) is 36.4 Å². The average molecular weight is 467 g/mol. The Balaban J connectivity index is 1.86. The summed E-state index contributed by atoms with van der Waals surface area (Å²) >= 11 is 8.62. The van der Waals surface area contributed by atoms with Crippen LogP contribution >= 0.6 is 28.1 Å². The third-order valence-corrected chi connectivity index (χ3v) is 5.44. The fraction of sp³-hybridized carbons (Fsp3) is 0.0455. The molecule has 1 N–H and O–H groups in total. The van der Waals surface area contributed by atoms with E-state index in [1.165, 1.54) is 4.90 Å². The van der Waals surface area contributed by atoms with Gasteiger partial charge in [0.05, 0.1) is 12.8 Å². The van der Waals surface area contributed by atoms with Gasteiger partial charge >= 0.3 is 0 Å². The second kappa shape index (κ2) is 7.77. The van der Waals surface area contributed by atoms with E-state index in [9.17, 15) is 9.59 Å². The number of halogens is 1. The fourth-order valence-corrected chi connectivity index (χ4v) is 3.77. The summed E-state index contributed by atoms with van der Waals surface area (Å²) in [6, 6.07) is 18.6. The molecule has 1 aliphatic heterocycles. The maximum atomic E-state index is 13.2. The number of hydrogen-bond donors (Lipinski definition) is 1. The van der Waals surface area contributed by atoms with Crippen LogP contribution in [0.1, 0.15) is 5.56 Å². The van der Waals surface area contributed by atoms with Crippen LogP contribution in [0.3, 0.4) is 0 Å². The number of nitrogens with zero attached hydrogens (tertiary/aromatic N) is 1. The van der Waals surface area contributed by atoms with Crippen LogP contribution < -0.4 is 15.0 Å². The van der Waals surface area contributed by atoms with Crippen molar-refractivity contribution in [3.05, 3.63) is 76.3 Å². The molecule has 29 heavy (non-hydrogen) atoms. The summed E-state index contributed by atoms with van der Waals surface area (Å²) in [5.41, 5.74) is 1.21. The third-order valence-electron chi connectivity index (χ3n) is 4.63. The lowest BCUT2D eigenvalue weighted by Crippen LogP contribution is -2.54. The Morgan fingerprint density at radius 3 is 2.48 bits per heavy atom. The molecular formula is C22H15BrN2O3S. The lowest BCUT2D eigenvalue weighted by Gasteiger charge is -2.29. The molecule has 144 valence electrons. The Hall–Kier alpha value is -3.03. The third kappa shape index (κ3) is 3.54. The highest BCUT2D eigenvalue weighted by Gasteiger charge is 2.34. The van der Waals surface area contributed by atoms with E-state index >= 15 is 0 Å². The number of nitrogens with one attached hydrogen (secondary N) is 1. The predicted molar refractivity (Wildman–Crippen MR) is 121 cm³/mol. The molecule has 1 fully saturated rings. The normalized spacial score (nSPS) is 15.7. The smallest absolute Gasteiger partial charge is 0.270 e. The highest BCUT2D eigenvalue weighted by atomic mass is 79.9. The number of carbonyl (C=O) groups excluding carboxylic acids is 2. The van der Waals surface area contributed by atoms with Crippen LogP contribution in [0.25, 0.3) is 16.8 Å². The van der Waals surface area contributed by atoms with Gasteiger partial charge in [0.2, 0.25) is 0 Å². The van der Waals surface area contributed by atoms with E-state index in [4.69, 9.17) is 17.0 Å². The number of ether oxygens (including phenoxy) is 1. The summed E-state index contributed by atoms with van der Waals surface area (Å²) in [4.78, 5) is 27.2. The van der Waals surface area contributed by atoms with Crippen molar-refractivity contribution < 1.29 is 14.3 Å². The molecule has 7 heteroatoms. The molecule has 3 aromatic rings. The number of carbonyl (C=O) groups is 2. The zero-order valence-electron chi connectivity index (χ0n) is 15.3. The first-order chi connectivity index (χ1) is 14.0. The molecule has 0 bridgehead atoms. The number of thiocarbonyl (C=S) groups is 1. The van der Waals surface area contributed by atoms with Gasteiger partial charge in [-0.15, -0.1) is 0 Å². The first-order valence-electron chi connectivity index (χ1n) is 8.72. The van der Waals surface area contributed by atoms with E-state index in [-0.39, 0.29) is 10.7 Å². The van der Waals surface area contributed by atoms with Crippen LogP contribution in [0.4, 0.5) is 5.69 Å². The second-order valence-corrected chi connectivity index (χ2v) is 7.64. The van der Waals surface area contributed by atoms with Crippen molar-refractivity contribution in [1.29, 1.82) is 0 Å². The Labute approximate surface area is 181 Å². The van der Waals surface area contributed by atoms with Crippen molar-refractivity contribution in [2.45, 2.75) is 0 Å². The lowest BCUT2D eigenvalue weighted by molar-refractivity contribution is -0.122. The zero-order chi connectivity index (χ0) is 20.5. The molecule has 1 aliphatic rings. The van der Waals surface area contributed by atoms with Crippen molar-refractivity contribution in [1.82, 2.24) is 5.32 Å². The van der Waals surface area contributed by atoms with Gasteiger partial charge in [0, 0.05) is 10.0 Å². The van der Waals surface area contributed by atoms with Gasteiger partial charge in [-0.25, -0.2) is 0 Å². The quantitative estimate of drug-likeness (QED) is 0.352. The summed E-state index contributed by atoms with van der Waals surface area (Å²) in [7, 11) is 1.55. The number of fused-ring (bicyclic) bond motifs is 1. The summed E-state index contributed by atoms with van der Waals surface area (Å²) in [6.45, 7) is 0. The zero-order valence-corrected chi connectivity index (χ0v) is 17.7. The first-order valence-corrected chi connectivity index (χ1v) is 9.92. The standard InChI is InChI=1S/C22H15BrN2O3S/c1-28-19-11-6-13-4-2-3-5-16(13)17(19)12-18-20(26)24-22(29)25(21(18)27)15-9-7-14(23)8-10-15/h2-12H,1H3,(H,24,26,29)/b18-12-. The van der Waals surface area contributed by atoms with Crippen molar-refractivity contribution in [3.8, 4) is 5.75 Å². The minimum absolute atomic E-state index is 0.0174. The molecular weight excluding hydrogens is 452 g/mol. The van der Waals surface area contributed by atoms with Gasteiger partial charge in [0.15, 0.2) is 5.11 Å². The molecule has 0 saturated carbocycles. The predicted octanol–water partition coefficient (Wildman–Crippen LogP) is 4.44. The van der Waals surface area contributed by atoms with Crippen LogP contribution in [0.2, 0.25) is 0 Å². The molecule has 0 spiro atoms. The van der Waals surface area contributed by atoms with Gasteiger partial charge < -0.3 is 4.74 Å². The molecule has 1 heterocycles. The molecule has 0 atom stereocenters.